The monoisotopic (exact) mass is 145 g/mol. The predicted octanol–water partition coefficient (Wildman–Crippen LogP) is 0.870. The summed E-state index contributed by atoms with van der Waals surface area (Å²) in [6.45, 7) is 3.12. The minimum absolute atomic E-state index is 0.0787. The third kappa shape index (κ3) is 1.63. The van der Waals surface area contributed by atoms with Crippen molar-refractivity contribution in [1.29, 1.82) is 0 Å². The summed E-state index contributed by atoms with van der Waals surface area (Å²) in [7, 11) is 0. The third-order valence-corrected chi connectivity index (χ3v) is 1.93. The van der Waals surface area contributed by atoms with Crippen molar-refractivity contribution in [3.8, 4) is 0 Å². The second-order valence-electron chi connectivity index (χ2n) is 2.64. The first-order chi connectivity index (χ1) is 4.20. The quantitative estimate of drug-likeness (QED) is 0.537. The molecule has 52 valence electrons. The number of hydrogen-bond donors (Lipinski definition) is 2. The highest BCUT2D eigenvalue weighted by molar-refractivity contribution is 7.80. The van der Waals surface area contributed by atoms with E-state index in [9.17, 15) is 0 Å². The van der Waals surface area contributed by atoms with Crippen LogP contribution in [0.25, 0.3) is 0 Å². The molecular formula is C6H11NOS. The molecule has 0 aromatic heterocycles. The van der Waals surface area contributed by atoms with Gasteiger partial charge in [-0.15, -0.1) is 0 Å². The van der Waals surface area contributed by atoms with Crippen molar-refractivity contribution in [2.75, 3.05) is 6.54 Å². The van der Waals surface area contributed by atoms with Gasteiger partial charge in [-0.05, 0) is 31.1 Å². The molecule has 0 bridgehead atoms. The molecule has 3 heteroatoms. The van der Waals surface area contributed by atoms with E-state index in [1.165, 1.54) is 0 Å². The fourth-order valence-corrected chi connectivity index (χ4v) is 1.28. The molecule has 1 aliphatic heterocycles. The summed E-state index contributed by atoms with van der Waals surface area (Å²) < 4.78 is 0. The maximum Gasteiger partial charge on any atom is 0.174 e. The van der Waals surface area contributed by atoms with Crippen LogP contribution in [0.4, 0.5) is 0 Å². The molecule has 1 aliphatic rings. The number of aliphatic hydroxyl groups is 1. The molecule has 0 aliphatic carbocycles. The van der Waals surface area contributed by atoms with Crippen LogP contribution < -0.4 is 5.32 Å². The Morgan fingerprint density at radius 2 is 2.44 bits per heavy atom. The van der Waals surface area contributed by atoms with Crippen molar-refractivity contribution in [3.63, 3.8) is 0 Å². The molecule has 0 saturated carbocycles. The fourth-order valence-electron chi connectivity index (χ4n) is 1.10. The van der Waals surface area contributed by atoms with Gasteiger partial charge in [-0.1, -0.05) is 6.92 Å². The molecule has 0 spiro atoms. The van der Waals surface area contributed by atoms with E-state index in [1.807, 2.05) is 0 Å². The van der Waals surface area contributed by atoms with Crippen LogP contribution in [0.5, 0.6) is 0 Å². The standard InChI is InChI=1S/C6H11NOS/c1-4-2-5(6(8)9)7-3-4/h4-5,7H,2-3H2,1H3,(H,8,9)/t4-,5-/m0/s1. The number of rotatable bonds is 1. The molecule has 0 amide bonds. The van der Waals surface area contributed by atoms with Crippen LogP contribution in [0, 0.1) is 5.92 Å². The highest BCUT2D eigenvalue weighted by Crippen LogP contribution is 2.12. The van der Waals surface area contributed by atoms with E-state index in [-0.39, 0.29) is 11.1 Å². The van der Waals surface area contributed by atoms with Crippen molar-refractivity contribution in [2.24, 2.45) is 5.92 Å². The average Bonchev–Trinajstić information content (AvgIpc) is 2.14. The second-order valence-corrected chi connectivity index (χ2v) is 3.06. The molecule has 1 fully saturated rings. The van der Waals surface area contributed by atoms with Crippen LogP contribution in [0.1, 0.15) is 13.3 Å². The van der Waals surface area contributed by atoms with Gasteiger partial charge in [-0.25, -0.2) is 0 Å². The molecule has 2 N–H and O–H groups in total. The second kappa shape index (κ2) is 2.62. The lowest BCUT2D eigenvalue weighted by atomic mass is 10.1. The van der Waals surface area contributed by atoms with Gasteiger partial charge in [0.1, 0.15) is 0 Å². The van der Waals surface area contributed by atoms with Gasteiger partial charge in [0.25, 0.3) is 0 Å². The first-order valence-electron chi connectivity index (χ1n) is 3.16. The summed E-state index contributed by atoms with van der Waals surface area (Å²) in [5, 5.41) is 12.1. The fraction of sp³-hybridized carbons (Fsp3) is 0.833. The molecule has 0 aromatic carbocycles. The van der Waals surface area contributed by atoms with Crippen LogP contribution in [0.15, 0.2) is 0 Å². The highest BCUT2D eigenvalue weighted by atomic mass is 32.1. The van der Waals surface area contributed by atoms with Crippen molar-refractivity contribution in [3.05, 3.63) is 0 Å². The first kappa shape index (κ1) is 6.96. The van der Waals surface area contributed by atoms with Gasteiger partial charge in [0.15, 0.2) is 5.05 Å². The van der Waals surface area contributed by atoms with Gasteiger partial charge in [-0.3, -0.25) is 0 Å². The van der Waals surface area contributed by atoms with E-state index in [1.54, 1.807) is 0 Å². The maximum absolute atomic E-state index is 8.84. The molecule has 9 heavy (non-hydrogen) atoms. The van der Waals surface area contributed by atoms with Gasteiger partial charge in [0, 0.05) is 0 Å². The minimum atomic E-state index is 0.0787. The molecule has 0 unspecified atom stereocenters. The molecular weight excluding hydrogens is 134 g/mol. The number of hydrogen-bond acceptors (Lipinski definition) is 2. The van der Waals surface area contributed by atoms with Gasteiger partial charge >= 0.3 is 0 Å². The van der Waals surface area contributed by atoms with Crippen molar-refractivity contribution >= 4 is 17.3 Å². The van der Waals surface area contributed by atoms with E-state index in [0.717, 1.165) is 13.0 Å². The lowest BCUT2D eigenvalue weighted by molar-refractivity contribution is 0.514. The van der Waals surface area contributed by atoms with Crippen LogP contribution in [0.2, 0.25) is 0 Å². The van der Waals surface area contributed by atoms with Crippen molar-refractivity contribution < 1.29 is 5.11 Å². The lowest BCUT2D eigenvalue weighted by Gasteiger charge is -2.03. The third-order valence-electron chi connectivity index (χ3n) is 1.65. The van der Waals surface area contributed by atoms with Crippen LogP contribution in [-0.4, -0.2) is 22.7 Å². The predicted molar refractivity (Wildman–Crippen MR) is 40.8 cm³/mol. The summed E-state index contributed by atoms with van der Waals surface area (Å²) in [4.78, 5) is 0. The molecule has 2 atom stereocenters. The van der Waals surface area contributed by atoms with E-state index in [2.05, 4.69) is 24.5 Å². The summed E-state index contributed by atoms with van der Waals surface area (Å²) in [5.74, 6) is 0.653. The van der Waals surface area contributed by atoms with E-state index in [4.69, 9.17) is 5.11 Å². The average molecular weight is 145 g/mol. The minimum Gasteiger partial charge on any atom is -0.501 e. The van der Waals surface area contributed by atoms with Gasteiger partial charge in [0.05, 0.1) is 6.04 Å². The normalized spacial score (nSPS) is 34.8. The number of nitrogens with one attached hydrogen (secondary N) is 1. The molecule has 0 aromatic rings. The number of thiocarbonyl (C=S) groups is 1. The molecule has 1 heterocycles. The molecule has 0 radical (unpaired) electrons. The Hall–Kier alpha value is -0.150. The Morgan fingerprint density at radius 3 is 2.67 bits per heavy atom. The SMILES string of the molecule is C[C@@H]1CN[C@H](C(O)=S)C1. The summed E-state index contributed by atoms with van der Waals surface area (Å²) in [5.41, 5.74) is 0. The van der Waals surface area contributed by atoms with E-state index < -0.39 is 0 Å². The Bertz CT molecular complexity index is 126. The zero-order valence-corrected chi connectivity index (χ0v) is 6.24. The van der Waals surface area contributed by atoms with Crippen LogP contribution in [0.3, 0.4) is 0 Å². The Balaban J connectivity index is 2.39. The van der Waals surface area contributed by atoms with Crippen LogP contribution in [-0.2, 0) is 0 Å². The Labute approximate surface area is 60.3 Å². The lowest BCUT2D eigenvalue weighted by Crippen LogP contribution is -2.28. The number of aliphatic hydroxyl groups excluding tert-OH is 1. The van der Waals surface area contributed by atoms with E-state index in [0.29, 0.717) is 5.92 Å². The smallest absolute Gasteiger partial charge is 0.174 e. The van der Waals surface area contributed by atoms with Crippen molar-refractivity contribution in [1.82, 2.24) is 5.32 Å². The molecule has 2 nitrogen and oxygen atoms in total. The summed E-state index contributed by atoms with van der Waals surface area (Å²) in [6.07, 6.45) is 0.981. The first-order valence-corrected chi connectivity index (χ1v) is 3.57. The Kier molecular flexibility index (Phi) is 2.03. The van der Waals surface area contributed by atoms with Crippen LogP contribution >= 0.6 is 12.2 Å². The largest absolute Gasteiger partial charge is 0.501 e. The van der Waals surface area contributed by atoms with Crippen molar-refractivity contribution in [2.45, 2.75) is 19.4 Å². The topological polar surface area (TPSA) is 32.3 Å². The molecule has 1 saturated heterocycles. The maximum atomic E-state index is 8.84. The Morgan fingerprint density at radius 1 is 1.78 bits per heavy atom. The zero-order chi connectivity index (χ0) is 6.85. The van der Waals surface area contributed by atoms with Gasteiger partial charge in [-0.2, -0.15) is 0 Å². The molecule has 1 rings (SSSR count). The summed E-state index contributed by atoms with van der Waals surface area (Å²) in [6, 6.07) is 0.0787. The highest BCUT2D eigenvalue weighted by Gasteiger charge is 2.23. The van der Waals surface area contributed by atoms with Gasteiger partial charge in [0.2, 0.25) is 0 Å². The summed E-state index contributed by atoms with van der Waals surface area (Å²) >= 11 is 4.60. The van der Waals surface area contributed by atoms with Gasteiger partial charge < -0.3 is 10.4 Å². The van der Waals surface area contributed by atoms with E-state index >= 15 is 0 Å². The zero-order valence-electron chi connectivity index (χ0n) is 5.42.